The van der Waals surface area contributed by atoms with Crippen molar-refractivity contribution in [3.8, 4) is 0 Å². The number of aromatic nitrogens is 4. The molecule has 9 nitrogen and oxygen atoms in total. The SMILES string of the molecule is Cn1cc(S(=O)(=O)N2CCN(C(=O)c3nn(C)cc3Cl)CC2)cn1. The van der Waals surface area contributed by atoms with E-state index >= 15 is 0 Å². The molecule has 0 saturated carbocycles. The third kappa shape index (κ3) is 3.04. The lowest BCUT2D eigenvalue weighted by Gasteiger charge is -2.33. The van der Waals surface area contributed by atoms with E-state index in [0.29, 0.717) is 0 Å². The summed E-state index contributed by atoms with van der Waals surface area (Å²) in [6, 6.07) is 0. The van der Waals surface area contributed by atoms with E-state index in [4.69, 9.17) is 11.6 Å². The van der Waals surface area contributed by atoms with Gasteiger partial charge in [0.2, 0.25) is 10.0 Å². The maximum Gasteiger partial charge on any atom is 0.276 e. The Morgan fingerprint density at radius 2 is 1.79 bits per heavy atom. The van der Waals surface area contributed by atoms with Crippen molar-refractivity contribution in [2.45, 2.75) is 4.90 Å². The van der Waals surface area contributed by atoms with Gasteiger partial charge in [0.25, 0.3) is 5.91 Å². The molecule has 3 heterocycles. The highest BCUT2D eigenvalue weighted by molar-refractivity contribution is 7.89. The molecule has 0 radical (unpaired) electrons. The van der Waals surface area contributed by atoms with Gasteiger partial charge in [-0.05, 0) is 0 Å². The predicted molar refractivity (Wildman–Crippen MR) is 86.1 cm³/mol. The molecule has 1 amide bonds. The van der Waals surface area contributed by atoms with Gasteiger partial charge in [0.1, 0.15) is 4.90 Å². The normalized spacial score (nSPS) is 16.5. The molecule has 1 fully saturated rings. The summed E-state index contributed by atoms with van der Waals surface area (Å²) in [6.45, 7) is 0.997. The van der Waals surface area contributed by atoms with Crippen molar-refractivity contribution in [1.29, 1.82) is 0 Å². The Kier molecular flexibility index (Phi) is 4.37. The molecule has 0 bridgehead atoms. The van der Waals surface area contributed by atoms with Gasteiger partial charge in [0, 0.05) is 52.7 Å². The molecule has 2 aromatic rings. The molecule has 0 N–H and O–H groups in total. The first-order valence-corrected chi connectivity index (χ1v) is 9.08. The lowest BCUT2D eigenvalue weighted by atomic mass is 10.3. The number of hydrogen-bond acceptors (Lipinski definition) is 5. The summed E-state index contributed by atoms with van der Waals surface area (Å²) in [5.74, 6) is -0.293. The Hall–Kier alpha value is -1.91. The van der Waals surface area contributed by atoms with Crippen LogP contribution < -0.4 is 0 Å². The molecule has 1 aliphatic heterocycles. The first kappa shape index (κ1) is 16.9. The number of amides is 1. The largest absolute Gasteiger partial charge is 0.335 e. The second-order valence-electron chi connectivity index (χ2n) is 5.55. The van der Waals surface area contributed by atoms with Crippen LogP contribution in [-0.4, -0.2) is 69.3 Å². The van der Waals surface area contributed by atoms with E-state index in [2.05, 4.69) is 10.2 Å². The Labute approximate surface area is 144 Å². The fourth-order valence-electron chi connectivity index (χ4n) is 2.57. The van der Waals surface area contributed by atoms with Crippen LogP contribution >= 0.6 is 11.6 Å². The summed E-state index contributed by atoms with van der Waals surface area (Å²) in [5, 5.41) is 8.23. The second kappa shape index (κ2) is 6.19. The maximum atomic E-state index is 12.5. The van der Waals surface area contributed by atoms with Crippen LogP contribution in [0.4, 0.5) is 0 Å². The minimum absolute atomic E-state index is 0.151. The van der Waals surface area contributed by atoms with Crippen LogP contribution in [0.25, 0.3) is 0 Å². The molecule has 1 aliphatic rings. The van der Waals surface area contributed by atoms with Crippen LogP contribution in [0.1, 0.15) is 10.5 Å². The smallest absolute Gasteiger partial charge is 0.276 e. The van der Waals surface area contributed by atoms with Crippen molar-refractivity contribution in [1.82, 2.24) is 28.8 Å². The molecular formula is C13H17ClN6O3S. The number of nitrogens with zero attached hydrogens (tertiary/aromatic N) is 6. The zero-order chi connectivity index (χ0) is 17.5. The van der Waals surface area contributed by atoms with Gasteiger partial charge < -0.3 is 4.90 Å². The summed E-state index contributed by atoms with van der Waals surface area (Å²) in [4.78, 5) is 14.2. The average molecular weight is 373 g/mol. The first-order chi connectivity index (χ1) is 11.3. The number of rotatable bonds is 3. The van der Waals surface area contributed by atoms with Crippen molar-refractivity contribution in [3.05, 3.63) is 29.3 Å². The molecule has 0 spiro atoms. The molecule has 24 heavy (non-hydrogen) atoms. The van der Waals surface area contributed by atoms with Crippen molar-refractivity contribution >= 4 is 27.5 Å². The van der Waals surface area contributed by atoms with Gasteiger partial charge in [0.15, 0.2) is 5.69 Å². The fourth-order valence-corrected chi connectivity index (χ4v) is 4.23. The third-order valence-corrected chi connectivity index (χ3v) is 5.96. The number of sulfonamides is 1. The second-order valence-corrected chi connectivity index (χ2v) is 7.89. The topological polar surface area (TPSA) is 93.3 Å². The molecule has 2 aromatic heterocycles. The lowest BCUT2D eigenvalue weighted by Crippen LogP contribution is -2.50. The van der Waals surface area contributed by atoms with Gasteiger partial charge >= 0.3 is 0 Å². The molecule has 0 aromatic carbocycles. The van der Waals surface area contributed by atoms with Gasteiger partial charge in [-0.15, -0.1) is 0 Å². The van der Waals surface area contributed by atoms with Crippen molar-refractivity contribution in [2.75, 3.05) is 26.2 Å². The first-order valence-electron chi connectivity index (χ1n) is 7.26. The molecule has 11 heteroatoms. The zero-order valence-electron chi connectivity index (χ0n) is 13.3. The van der Waals surface area contributed by atoms with Gasteiger partial charge in [-0.1, -0.05) is 11.6 Å². The lowest BCUT2D eigenvalue weighted by molar-refractivity contribution is 0.0691. The number of piperazine rings is 1. The molecule has 3 rings (SSSR count). The Balaban J connectivity index is 1.70. The van der Waals surface area contributed by atoms with Crippen LogP contribution in [0, 0.1) is 0 Å². The van der Waals surface area contributed by atoms with Crippen molar-refractivity contribution in [3.63, 3.8) is 0 Å². The zero-order valence-corrected chi connectivity index (χ0v) is 14.8. The highest BCUT2D eigenvalue weighted by Crippen LogP contribution is 2.19. The molecule has 0 aliphatic carbocycles. The number of halogens is 1. The van der Waals surface area contributed by atoms with E-state index in [1.54, 1.807) is 25.2 Å². The van der Waals surface area contributed by atoms with Gasteiger partial charge in [-0.3, -0.25) is 14.2 Å². The highest BCUT2D eigenvalue weighted by atomic mass is 35.5. The van der Waals surface area contributed by atoms with Gasteiger partial charge in [-0.25, -0.2) is 8.42 Å². The van der Waals surface area contributed by atoms with Crippen molar-refractivity contribution in [2.24, 2.45) is 14.1 Å². The van der Waals surface area contributed by atoms with Gasteiger partial charge in [-0.2, -0.15) is 14.5 Å². The number of carbonyl (C=O) groups excluding carboxylic acids is 1. The minimum Gasteiger partial charge on any atom is -0.335 e. The quantitative estimate of drug-likeness (QED) is 0.753. The monoisotopic (exact) mass is 372 g/mol. The standard InChI is InChI=1S/C13H17ClN6O3S/c1-17-8-10(7-15-17)24(22,23)20-5-3-19(4-6-20)13(21)12-11(14)9-18(2)16-12/h7-9H,3-6H2,1-2H3. The van der Waals surface area contributed by atoms with E-state index in [-0.39, 0.29) is 47.7 Å². The number of aryl methyl sites for hydroxylation is 2. The van der Waals surface area contributed by atoms with Gasteiger partial charge in [0.05, 0.1) is 11.2 Å². The maximum absolute atomic E-state index is 12.5. The molecule has 0 atom stereocenters. The number of carbonyl (C=O) groups is 1. The third-order valence-electron chi connectivity index (χ3n) is 3.83. The predicted octanol–water partition coefficient (Wildman–Crippen LogP) is -0.0463. The Bertz CT molecular complexity index is 866. The Morgan fingerprint density at radius 3 is 2.29 bits per heavy atom. The summed E-state index contributed by atoms with van der Waals surface area (Å²) in [5.41, 5.74) is 0.183. The summed E-state index contributed by atoms with van der Waals surface area (Å²) in [6.07, 6.45) is 4.33. The Morgan fingerprint density at radius 1 is 1.12 bits per heavy atom. The summed E-state index contributed by atoms with van der Waals surface area (Å²) >= 11 is 6.00. The van der Waals surface area contributed by atoms with E-state index in [0.717, 1.165) is 0 Å². The van der Waals surface area contributed by atoms with Crippen LogP contribution in [0.3, 0.4) is 0 Å². The van der Waals surface area contributed by atoms with E-state index in [1.807, 2.05) is 0 Å². The van der Waals surface area contributed by atoms with Crippen LogP contribution in [-0.2, 0) is 24.1 Å². The van der Waals surface area contributed by atoms with E-state index < -0.39 is 10.0 Å². The minimum atomic E-state index is -3.59. The van der Waals surface area contributed by atoms with E-state index in [9.17, 15) is 13.2 Å². The summed E-state index contributed by atoms with van der Waals surface area (Å²) < 4.78 is 29.3. The van der Waals surface area contributed by atoms with Crippen LogP contribution in [0.2, 0.25) is 5.02 Å². The average Bonchev–Trinajstić information content (AvgIpc) is 3.12. The summed E-state index contributed by atoms with van der Waals surface area (Å²) in [7, 11) is -0.252. The number of hydrogen-bond donors (Lipinski definition) is 0. The highest BCUT2D eigenvalue weighted by Gasteiger charge is 2.32. The fraction of sp³-hybridized carbons (Fsp3) is 0.462. The molecular weight excluding hydrogens is 356 g/mol. The molecule has 0 unspecified atom stereocenters. The van der Waals surface area contributed by atoms with Crippen LogP contribution in [0.5, 0.6) is 0 Å². The molecule has 1 saturated heterocycles. The van der Waals surface area contributed by atoms with Crippen LogP contribution in [0.15, 0.2) is 23.5 Å². The van der Waals surface area contributed by atoms with Crippen molar-refractivity contribution < 1.29 is 13.2 Å². The van der Waals surface area contributed by atoms with E-state index in [1.165, 1.54) is 26.1 Å². The molecule has 130 valence electrons.